The summed E-state index contributed by atoms with van der Waals surface area (Å²) in [4.78, 5) is 0. The highest BCUT2D eigenvalue weighted by atomic mass is 14.9. The summed E-state index contributed by atoms with van der Waals surface area (Å²) in [6, 6.07) is 0.627. The molecule has 4 unspecified atom stereocenters. The normalized spacial score (nSPS) is 31.9. The first kappa shape index (κ1) is 16.3. The van der Waals surface area contributed by atoms with Gasteiger partial charge in [0.15, 0.2) is 0 Å². The predicted molar refractivity (Wildman–Crippen MR) is 88.9 cm³/mol. The summed E-state index contributed by atoms with van der Waals surface area (Å²) < 4.78 is 0. The van der Waals surface area contributed by atoms with E-state index in [4.69, 9.17) is 0 Å². The van der Waals surface area contributed by atoms with Crippen molar-refractivity contribution in [3.05, 3.63) is 0 Å². The molecule has 20 heavy (non-hydrogen) atoms. The average molecular weight is 280 g/mol. The quantitative estimate of drug-likeness (QED) is 0.596. The maximum Gasteiger partial charge on any atom is 0.00106 e. The molecule has 0 heterocycles. The fourth-order valence-corrected chi connectivity index (χ4v) is 4.86. The highest BCUT2D eigenvalue weighted by molar-refractivity contribution is 4.94. The van der Waals surface area contributed by atoms with E-state index in [1.807, 2.05) is 0 Å². The number of nitrogens with one attached hydrogen (secondary N) is 1. The number of unbranched alkanes of at least 4 members (excludes halogenated alkanes) is 1. The van der Waals surface area contributed by atoms with Gasteiger partial charge in [0.2, 0.25) is 0 Å². The molecule has 0 spiro atoms. The van der Waals surface area contributed by atoms with Gasteiger partial charge in [-0.3, -0.25) is 0 Å². The Hall–Kier alpha value is -0.0400. The van der Waals surface area contributed by atoms with Crippen LogP contribution in [0.1, 0.15) is 85.5 Å². The molecule has 0 aromatic heterocycles. The van der Waals surface area contributed by atoms with Gasteiger partial charge in [-0.2, -0.15) is 0 Å². The van der Waals surface area contributed by atoms with Crippen LogP contribution in [-0.4, -0.2) is 12.6 Å². The fraction of sp³-hybridized carbons (Fsp3) is 1.00. The van der Waals surface area contributed by atoms with Crippen LogP contribution in [0.4, 0.5) is 0 Å². The zero-order valence-electron chi connectivity index (χ0n) is 14.4. The monoisotopic (exact) mass is 279 g/mol. The molecule has 4 atom stereocenters. The number of rotatable bonds is 9. The molecular formula is C19H37N. The molecule has 1 heteroatoms. The Bertz CT molecular complexity index is 285. The lowest BCUT2D eigenvalue weighted by Gasteiger charge is -2.38. The first-order valence-electron chi connectivity index (χ1n) is 9.32. The zero-order valence-corrected chi connectivity index (χ0v) is 14.4. The van der Waals surface area contributed by atoms with Crippen molar-refractivity contribution < 1.29 is 0 Å². The average Bonchev–Trinajstić information content (AvgIpc) is 3.04. The Morgan fingerprint density at radius 2 is 1.95 bits per heavy atom. The molecule has 2 saturated carbocycles. The molecule has 0 aliphatic heterocycles. The maximum absolute atomic E-state index is 3.76. The van der Waals surface area contributed by atoms with E-state index in [2.05, 4.69) is 33.0 Å². The van der Waals surface area contributed by atoms with E-state index in [0.29, 0.717) is 11.5 Å². The van der Waals surface area contributed by atoms with Crippen molar-refractivity contribution in [3.63, 3.8) is 0 Å². The second-order valence-electron chi connectivity index (χ2n) is 8.13. The second-order valence-corrected chi connectivity index (χ2v) is 8.13. The van der Waals surface area contributed by atoms with Crippen LogP contribution in [0.25, 0.3) is 0 Å². The molecule has 0 radical (unpaired) electrons. The zero-order chi connectivity index (χ0) is 14.6. The standard InChI is InChI=1S/C19H37N/c1-5-7-10-19(6-2,14-20-15(3)4)13-18-12-16-8-9-17(18)11-16/h15-18,20H,5-14H2,1-4H3. The van der Waals surface area contributed by atoms with E-state index in [9.17, 15) is 0 Å². The van der Waals surface area contributed by atoms with E-state index >= 15 is 0 Å². The van der Waals surface area contributed by atoms with Gasteiger partial charge in [0.05, 0.1) is 0 Å². The summed E-state index contributed by atoms with van der Waals surface area (Å²) in [5.41, 5.74) is 0.579. The number of hydrogen-bond acceptors (Lipinski definition) is 1. The Labute approximate surface area is 127 Å². The van der Waals surface area contributed by atoms with Crippen molar-refractivity contribution in [3.8, 4) is 0 Å². The Morgan fingerprint density at radius 3 is 2.45 bits per heavy atom. The Kier molecular flexibility index (Phi) is 5.95. The van der Waals surface area contributed by atoms with Crippen LogP contribution in [0.5, 0.6) is 0 Å². The SMILES string of the molecule is CCCCC(CC)(CNC(C)C)CC1CC2CCC1C2. The third kappa shape index (κ3) is 4.00. The summed E-state index contributed by atoms with van der Waals surface area (Å²) in [5.74, 6) is 3.25. The van der Waals surface area contributed by atoms with Crippen molar-refractivity contribution in [1.82, 2.24) is 5.32 Å². The van der Waals surface area contributed by atoms with Crippen molar-refractivity contribution in [2.75, 3.05) is 6.54 Å². The lowest BCUT2D eigenvalue weighted by atomic mass is 9.70. The van der Waals surface area contributed by atoms with Crippen molar-refractivity contribution in [2.45, 2.75) is 91.5 Å². The molecule has 2 bridgehead atoms. The first-order valence-corrected chi connectivity index (χ1v) is 9.32. The molecule has 118 valence electrons. The highest BCUT2D eigenvalue weighted by Gasteiger charge is 2.43. The molecule has 2 rings (SSSR count). The number of hydrogen-bond donors (Lipinski definition) is 1. The highest BCUT2D eigenvalue weighted by Crippen LogP contribution is 2.53. The van der Waals surface area contributed by atoms with Gasteiger partial charge in [-0.1, -0.05) is 47.0 Å². The third-order valence-electron chi connectivity index (χ3n) is 6.28. The fourth-order valence-electron chi connectivity index (χ4n) is 4.86. The second kappa shape index (κ2) is 7.29. The van der Waals surface area contributed by atoms with Crippen LogP contribution in [0.2, 0.25) is 0 Å². The molecule has 0 aromatic rings. The van der Waals surface area contributed by atoms with E-state index in [0.717, 1.165) is 17.8 Å². The lowest BCUT2D eigenvalue weighted by Crippen LogP contribution is -2.39. The van der Waals surface area contributed by atoms with Gasteiger partial charge in [-0.05, 0) is 61.7 Å². The van der Waals surface area contributed by atoms with Crippen molar-refractivity contribution in [2.24, 2.45) is 23.2 Å². The largest absolute Gasteiger partial charge is 0.314 e. The van der Waals surface area contributed by atoms with Gasteiger partial charge in [-0.15, -0.1) is 0 Å². The van der Waals surface area contributed by atoms with Gasteiger partial charge in [-0.25, -0.2) is 0 Å². The summed E-state index contributed by atoms with van der Waals surface area (Å²) in [5, 5.41) is 3.76. The van der Waals surface area contributed by atoms with Gasteiger partial charge in [0.25, 0.3) is 0 Å². The molecule has 1 N–H and O–H groups in total. The molecule has 1 nitrogen and oxygen atoms in total. The van der Waals surface area contributed by atoms with Crippen LogP contribution in [-0.2, 0) is 0 Å². The summed E-state index contributed by atoms with van der Waals surface area (Å²) in [6.45, 7) is 10.6. The van der Waals surface area contributed by atoms with E-state index in [1.165, 1.54) is 38.6 Å². The van der Waals surface area contributed by atoms with Gasteiger partial charge >= 0.3 is 0 Å². The minimum atomic E-state index is 0.579. The van der Waals surface area contributed by atoms with Gasteiger partial charge in [0, 0.05) is 12.6 Å². The summed E-state index contributed by atoms with van der Waals surface area (Å²) in [6.07, 6.45) is 13.3. The molecule has 0 aromatic carbocycles. The summed E-state index contributed by atoms with van der Waals surface area (Å²) >= 11 is 0. The molecule has 2 fully saturated rings. The smallest absolute Gasteiger partial charge is 0.00106 e. The van der Waals surface area contributed by atoms with Crippen LogP contribution in [0.3, 0.4) is 0 Å². The Morgan fingerprint density at radius 1 is 1.15 bits per heavy atom. The molecule has 2 aliphatic carbocycles. The third-order valence-corrected chi connectivity index (χ3v) is 6.28. The van der Waals surface area contributed by atoms with Crippen molar-refractivity contribution >= 4 is 0 Å². The molecule has 2 aliphatic rings. The summed E-state index contributed by atoms with van der Waals surface area (Å²) in [7, 11) is 0. The van der Waals surface area contributed by atoms with Gasteiger partial charge < -0.3 is 5.32 Å². The van der Waals surface area contributed by atoms with Crippen molar-refractivity contribution in [1.29, 1.82) is 0 Å². The molecule has 0 amide bonds. The van der Waals surface area contributed by atoms with Crippen LogP contribution < -0.4 is 5.32 Å². The van der Waals surface area contributed by atoms with Crippen LogP contribution in [0.15, 0.2) is 0 Å². The number of fused-ring (bicyclic) bond motifs is 2. The first-order chi connectivity index (χ1) is 9.58. The van der Waals surface area contributed by atoms with Crippen LogP contribution >= 0.6 is 0 Å². The molecule has 0 saturated heterocycles. The van der Waals surface area contributed by atoms with E-state index < -0.39 is 0 Å². The van der Waals surface area contributed by atoms with E-state index in [1.54, 1.807) is 25.7 Å². The topological polar surface area (TPSA) is 12.0 Å². The Balaban J connectivity index is 1.96. The molecular weight excluding hydrogens is 242 g/mol. The predicted octanol–water partition coefficient (Wildman–Crippen LogP) is 5.40. The minimum absolute atomic E-state index is 0.579. The van der Waals surface area contributed by atoms with Gasteiger partial charge in [0.1, 0.15) is 0 Å². The lowest BCUT2D eigenvalue weighted by molar-refractivity contribution is 0.142. The van der Waals surface area contributed by atoms with E-state index in [-0.39, 0.29) is 0 Å². The minimum Gasteiger partial charge on any atom is -0.314 e. The maximum atomic E-state index is 3.76. The van der Waals surface area contributed by atoms with Crippen LogP contribution in [0, 0.1) is 23.2 Å².